The highest BCUT2D eigenvalue weighted by Crippen LogP contribution is 2.36. The monoisotopic (exact) mass is 396 g/mol. The van der Waals surface area contributed by atoms with E-state index < -0.39 is 0 Å². The lowest BCUT2D eigenvalue weighted by atomic mass is 10.0. The Morgan fingerprint density at radius 2 is 1.84 bits per heavy atom. The molecule has 4 rings (SSSR count). The summed E-state index contributed by atoms with van der Waals surface area (Å²) in [4.78, 5) is 12.4. The zero-order valence-electron chi connectivity index (χ0n) is 13.0. The van der Waals surface area contributed by atoms with E-state index in [9.17, 15) is 4.79 Å². The van der Waals surface area contributed by atoms with E-state index >= 15 is 0 Å². The maximum atomic E-state index is 12.4. The van der Waals surface area contributed by atoms with Gasteiger partial charge in [-0.1, -0.05) is 36.4 Å². The molecule has 3 aromatic carbocycles. The molecule has 0 unspecified atom stereocenters. The minimum Gasteiger partial charge on any atom is -0.454 e. The predicted octanol–water partition coefficient (Wildman–Crippen LogP) is 4.09. The van der Waals surface area contributed by atoms with Crippen molar-refractivity contribution in [2.75, 3.05) is 6.79 Å². The average Bonchev–Trinajstić information content (AvgIpc) is 3.08. The maximum absolute atomic E-state index is 12.4. The summed E-state index contributed by atoms with van der Waals surface area (Å²) in [5, 5.41) is 5.96. The molecule has 1 aliphatic rings. The van der Waals surface area contributed by atoms with E-state index in [0.717, 1.165) is 20.8 Å². The first-order valence-electron chi connectivity index (χ1n) is 7.63. The van der Waals surface area contributed by atoms with Gasteiger partial charge in [0.25, 0.3) is 5.91 Å². The molecule has 6 heteroatoms. The highest BCUT2D eigenvalue weighted by Gasteiger charge is 2.15. The highest BCUT2D eigenvalue weighted by molar-refractivity contribution is 9.10. The molecule has 3 aromatic rings. The van der Waals surface area contributed by atoms with Gasteiger partial charge in [0, 0.05) is 15.6 Å². The van der Waals surface area contributed by atoms with Crippen LogP contribution in [0.3, 0.4) is 0 Å². The number of halogens is 1. The normalized spacial score (nSPS) is 12.7. The Labute approximate surface area is 152 Å². The molecule has 0 spiro atoms. The number of nitrogens with zero attached hydrogens (tertiary/aromatic N) is 1. The molecule has 1 aliphatic heterocycles. The van der Waals surface area contributed by atoms with Crippen molar-refractivity contribution in [2.24, 2.45) is 5.10 Å². The van der Waals surface area contributed by atoms with E-state index in [1.54, 1.807) is 18.3 Å². The quantitative estimate of drug-likeness (QED) is 0.535. The highest BCUT2D eigenvalue weighted by atomic mass is 79.9. The van der Waals surface area contributed by atoms with Crippen molar-refractivity contribution < 1.29 is 14.3 Å². The van der Waals surface area contributed by atoms with Gasteiger partial charge >= 0.3 is 0 Å². The fraction of sp³-hybridized carbons (Fsp3) is 0.0526. The van der Waals surface area contributed by atoms with E-state index in [2.05, 4.69) is 26.5 Å². The summed E-state index contributed by atoms with van der Waals surface area (Å²) in [6.07, 6.45) is 1.56. The molecule has 1 N–H and O–H groups in total. The lowest BCUT2D eigenvalue weighted by Gasteiger charge is -2.05. The molecule has 0 radical (unpaired) electrons. The number of hydrogen-bond donors (Lipinski definition) is 1. The smallest absolute Gasteiger partial charge is 0.271 e. The Balaban J connectivity index is 1.55. The Bertz CT molecular complexity index is 996. The Morgan fingerprint density at radius 3 is 2.72 bits per heavy atom. The number of rotatable bonds is 3. The summed E-state index contributed by atoms with van der Waals surface area (Å²) in [6.45, 7) is 0.209. The molecular formula is C19H13BrN2O3. The molecule has 0 saturated carbocycles. The Morgan fingerprint density at radius 1 is 1.08 bits per heavy atom. The van der Waals surface area contributed by atoms with Crippen molar-refractivity contribution in [3.05, 3.63) is 70.2 Å². The molecule has 0 saturated heterocycles. The van der Waals surface area contributed by atoms with Crippen molar-refractivity contribution in [2.45, 2.75) is 0 Å². The minimum atomic E-state index is -0.259. The second-order valence-corrected chi connectivity index (χ2v) is 6.31. The van der Waals surface area contributed by atoms with E-state index in [1.807, 2.05) is 42.5 Å². The lowest BCUT2D eigenvalue weighted by molar-refractivity contribution is 0.0957. The molecule has 0 aliphatic carbocycles. The third kappa shape index (κ3) is 3.08. The second-order valence-electron chi connectivity index (χ2n) is 5.45. The zero-order valence-corrected chi connectivity index (χ0v) is 14.6. The second kappa shape index (κ2) is 6.57. The SMILES string of the molecule is O=C(NN=Cc1cc2c(cc1Br)OCO2)c1cccc2ccccc12. The Hall–Kier alpha value is -2.86. The van der Waals surface area contributed by atoms with Crippen molar-refractivity contribution in [1.82, 2.24) is 5.43 Å². The number of hydrazone groups is 1. The van der Waals surface area contributed by atoms with Gasteiger partial charge in [-0.25, -0.2) is 5.43 Å². The largest absolute Gasteiger partial charge is 0.454 e. The third-order valence-electron chi connectivity index (χ3n) is 3.90. The van der Waals surface area contributed by atoms with E-state index in [-0.39, 0.29) is 12.7 Å². The van der Waals surface area contributed by atoms with E-state index in [0.29, 0.717) is 17.1 Å². The number of benzene rings is 3. The molecule has 0 bridgehead atoms. The molecular weight excluding hydrogens is 384 g/mol. The van der Waals surface area contributed by atoms with Gasteiger partial charge in [0.2, 0.25) is 6.79 Å². The van der Waals surface area contributed by atoms with Crippen molar-refractivity contribution >= 4 is 38.8 Å². The van der Waals surface area contributed by atoms with Crippen molar-refractivity contribution in [1.29, 1.82) is 0 Å². The maximum Gasteiger partial charge on any atom is 0.271 e. The van der Waals surface area contributed by atoms with Gasteiger partial charge in [-0.05, 0) is 44.9 Å². The fourth-order valence-electron chi connectivity index (χ4n) is 2.68. The van der Waals surface area contributed by atoms with Crippen LogP contribution in [0.2, 0.25) is 0 Å². The first-order chi connectivity index (χ1) is 12.2. The van der Waals surface area contributed by atoms with Gasteiger partial charge in [-0.15, -0.1) is 0 Å². The number of amides is 1. The summed E-state index contributed by atoms with van der Waals surface area (Å²) in [6, 6.07) is 17.0. The first-order valence-corrected chi connectivity index (χ1v) is 8.42. The standard InChI is InChI=1S/C19H13BrN2O3/c20-16-9-18-17(24-11-25-18)8-13(16)10-21-22-19(23)15-7-3-5-12-4-1-2-6-14(12)15/h1-10H,11H2,(H,22,23). The van der Waals surface area contributed by atoms with Crippen LogP contribution in [-0.4, -0.2) is 18.9 Å². The number of hydrogen-bond acceptors (Lipinski definition) is 4. The first kappa shape index (κ1) is 15.7. The number of carbonyl (C=O) groups is 1. The van der Waals surface area contributed by atoms with Gasteiger partial charge in [-0.3, -0.25) is 4.79 Å². The van der Waals surface area contributed by atoms with Gasteiger partial charge in [-0.2, -0.15) is 5.10 Å². The van der Waals surface area contributed by atoms with Crippen LogP contribution in [0.25, 0.3) is 10.8 Å². The summed E-state index contributed by atoms with van der Waals surface area (Å²) in [5.41, 5.74) is 3.94. The number of nitrogens with one attached hydrogen (secondary N) is 1. The van der Waals surface area contributed by atoms with E-state index in [4.69, 9.17) is 9.47 Å². The summed E-state index contributed by atoms with van der Waals surface area (Å²) >= 11 is 3.46. The molecule has 1 heterocycles. The van der Waals surface area contributed by atoms with Crippen LogP contribution in [-0.2, 0) is 0 Å². The third-order valence-corrected chi connectivity index (χ3v) is 4.58. The van der Waals surface area contributed by atoms with Crippen LogP contribution in [0.15, 0.2) is 64.2 Å². The number of carbonyl (C=O) groups excluding carboxylic acids is 1. The van der Waals surface area contributed by atoms with Crippen molar-refractivity contribution in [3.8, 4) is 11.5 Å². The number of fused-ring (bicyclic) bond motifs is 2. The number of ether oxygens (including phenoxy) is 2. The average molecular weight is 397 g/mol. The van der Waals surface area contributed by atoms with Gasteiger partial charge in [0.1, 0.15) is 0 Å². The molecule has 5 nitrogen and oxygen atoms in total. The lowest BCUT2D eigenvalue weighted by Crippen LogP contribution is -2.17. The van der Waals surface area contributed by atoms with E-state index in [1.165, 1.54) is 0 Å². The van der Waals surface area contributed by atoms with Gasteiger partial charge in [0.15, 0.2) is 11.5 Å². The minimum absolute atomic E-state index is 0.209. The van der Waals surface area contributed by atoms with Gasteiger partial charge in [0.05, 0.1) is 6.21 Å². The molecule has 25 heavy (non-hydrogen) atoms. The zero-order chi connectivity index (χ0) is 17.2. The summed E-state index contributed by atoms with van der Waals surface area (Å²) in [7, 11) is 0. The molecule has 0 aromatic heterocycles. The van der Waals surface area contributed by atoms with Crippen molar-refractivity contribution in [3.63, 3.8) is 0 Å². The summed E-state index contributed by atoms with van der Waals surface area (Å²) < 4.78 is 11.5. The van der Waals surface area contributed by atoms with Gasteiger partial charge < -0.3 is 9.47 Å². The topological polar surface area (TPSA) is 59.9 Å². The molecule has 1 amide bonds. The molecule has 0 fully saturated rings. The van der Waals surface area contributed by atoms with Crippen LogP contribution < -0.4 is 14.9 Å². The fourth-order valence-corrected chi connectivity index (χ4v) is 3.10. The summed E-state index contributed by atoms with van der Waals surface area (Å²) in [5.74, 6) is 1.08. The molecule has 0 atom stereocenters. The Kier molecular flexibility index (Phi) is 4.11. The predicted molar refractivity (Wildman–Crippen MR) is 99.3 cm³/mol. The molecule has 124 valence electrons. The van der Waals surface area contributed by atoms with Crippen LogP contribution in [0.4, 0.5) is 0 Å². The van der Waals surface area contributed by atoms with Crippen LogP contribution >= 0.6 is 15.9 Å². The van der Waals surface area contributed by atoms with Crippen LogP contribution in [0.5, 0.6) is 11.5 Å². The van der Waals surface area contributed by atoms with Crippen LogP contribution in [0, 0.1) is 0 Å². The van der Waals surface area contributed by atoms with Crippen LogP contribution in [0.1, 0.15) is 15.9 Å².